The van der Waals surface area contributed by atoms with Gasteiger partial charge >= 0.3 is 0 Å². The highest BCUT2D eigenvalue weighted by atomic mass is 35.5. The molecule has 0 bridgehead atoms. The van der Waals surface area contributed by atoms with Crippen molar-refractivity contribution in [2.24, 2.45) is 5.73 Å². The minimum Gasteiger partial charge on any atom is -0.383 e. The lowest BCUT2D eigenvalue weighted by molar-refractivity contribution is 0.597. The van der Waals surface area contributed by atoms with E-state index in [0.717, 1.165) is 0 Å². The van der Waals surface area contributed by atoms with Crippen LogP contribution in [0.5, 0.6) is 0 Å². The van der Waals surface area contributed by atoms with Crippen molar-refractivity contribution in [2.45, 2.75) is 0 Å². The second-order valence-corrected chi connectivity index (χ2v) is 0.994. The lowest BCUT2D eigenvalue weighted by atomic mass is 10.8. The number of hydrogen-bond donors (Lipinski definition) is 4. The third-order valence-corrected chi connectivity index (χ3v) is 0.507. The van der Waals surface area contributed by atoms with Crippen molar-refractivity contribution in [1.29, 1.82) is 0 Å². The summed E-state index contributed by atoms with van der Waals surface area (Å²) >= 11 is 0. The van der Waals surface area contributed by atoms with Gasteiger partial charge in [0.1, 0.15) is 5.82 Å². The molecule has 0 atom stereocenters. The van der Waals surface area contributed by atoms with Crippen LogP contribution in [-0.2, 0) is 0 Å². The Kier molecular flexibility index (Phi) is 2.32. The summed E-state index contributed by atoms with van der Waals surface area (Å²) in [5.41, 5.74) is 12.9. The van der Waals surface area contributed by atoms with Gasteiger partial charge in [-0.25, -0.2) is 0 Å². The van der Waals surface area contributed by atoms with Crippen molar-refractivity contribution in [3.05, 3.63) is 12.0 Å². The topological polar surface area (TPSA) is 62.1 Å². The van der Waals surface area contributed by atoms with Crippen molar-refractivity contribution >= 4 is 12.4 Å². The van der Waals surface area contributed by atoms with E-state index in [1.54, 1.807) is 6.20 Å². The largest absolute Gasteiger partial charge is 0.383 e. The van der Waals surface area contributed by atoms with Gasteiger partial charge in [-0.05, 0) is 0 Å². The molecule has 0 saturated carbocycles. The minimum absolute atomic E-state index is 0. The fourth-order valence-electron chi connectivity index (χ4n) is 0.258. The van der Waals surface area contributed by atoms with Gasteiger partial charge < -0.3 is 11.2 Å². The van der Waals surface area contributed by atoms with E-state index in [0.29, 0.717) is 5.82 Å². The summed E-state index contributed by atoms with van der Waals surface area (Å²) in [4.78, 5) is 0. The summed E-state index contributed by atoms with van der Waals surface area (Å²) in [6.45, 7) is 0. The highest BCUT2D eigenvalue weighted by Gasteiger charge is 1.89. The van der Waals surface area contributed by atoms with Crippen LogP contribution in [0.2, 0.25) is 0 Å². The van der Waals surface area contributed by atoms with E-state index in [9.17, 15) is 0 Å². The number of hydrazine groups is 2. The summed E-state index contributed by atoms with van der Waals surface area (Å²) in [5, 5.41) is 0. The Labute approximate surface area is 47.5 Å². The fourth-order valence-corrected chi connectivity index (χ4v) is 0.258. The molecule has 0 saturated heterocycles. The van der Waals surface area contributed by atoms with Crippen LogP contribution in [0.1, 0.15) is 0 Å². The van der Waals surface area contributed by atoms with Crippen molar-refractivity contribution in [3.8, 4) is 0 Å². The molecule has 0 aliphatic carbocycles. The Bertz CT molecular complexity index is 79.8. The molecule has 1 aliphatic heterocycles. The molecule has 1 heterocycles. The Morgan fingerprint density at radius 3 is 2.43 bits per heavy atom. The van der Waals surface area contributed by atoms with E-state index in [4.69, 9.17) is 5.73 Å². The third kappa shape index (κ3) is 1.52. The maximum atomic E-state index is 5.16. The van der Waals surface area contributed by atoms with E-state index < -0.39 is 0 Å². The molecule has 0 unspecified atom stereocenters. The molecule has 5 heteroatoms. The second kappa shape index (κ2) is 2.54. The van der Waals surface area contributed by atoms with Gasteiger partial charge in [0, 0.05) is 0 Å². The van der Waals surface area contributed by atoms with Crippen LogP contribution < -0.4 is 22.1 Å². The first-order valence-corrected chi connectivity index (χ1v) is 1.62. The summed E-state index contributed by atoms with van der Waals surface area (Å²) in [7, 11) is 0. The van der Waals surface area contributed by atoms with Crippen molar-refractivity contribution in [3.63, 3.8) is 0 Å². The molecular formula is C2H7ClN4. The van der Waals surface area contributed by atoms with Gasteiger partial charge in [-0.1, -0.05) is 0 Å². The van der Waals surface area contributed by atoms with Crippen LogP contribution >= 0.6 is 12.4 Å². The Balaban J connectivity index is 0.000000360. The van der Waals surface area contributed by atoms with Gasteiger partial charge in [-0.2, -0.15) is 0 Å². The molecule has 0 amide bonds. The van der Waals surface area contributed by atoms with Crippen LogP contribution in [-0.4, -0.2) is 0 Å². The smallest absolute Gasteiger partial charge is 0.130 e. The fraction of sp³-hybridized carbons (Fsp3) is 0. The first-order valence-electron chi connectivity index (χ1n) is 1.62. The highest BCUT2D eigenvalue weighted by molar-refractivity contribution is 5.85. The number of hydrogen-bond acceptors (Lipinski definition) is 4. The summed E-state index contributed by atoms with van der Waals surface area (Å²) < 4.78 is 0. The predicted octanol–water partition coefficient (Wildman–Crippen LogP) is -1.22. The number of nitrogens with two attached hydrogens (primary N) is 1. The Hall–Kier alpha value is -0.610. The van der Waals surface area contributed by atoms with Gasteiger partial charge in [0.2, 0.25) is 0 Å². The maximum absolute atomic E-state index is 5.16. The molecule has 4 nitrogen and oxygen atoms in total. The summed E-state index contributed by atoms with van der Waals surface area (Å²) in [6.07, 6.45) is 1.62. The monoisotopic (exact) mass is 122 g/mol. The third-order valence-electron chi connectivity index (χ3n) is 0.507. The molecule has 0 aromatic heterocycles. The van der Waals surface area contributed by atoms with Crippen LogP contribution in [0.25, 0.3) is 0 Å². The molecule has 0 radical (unpaired) electrons. The van der Waals surface area contributed by atoms with Gasteiger partial charge in [-0.3, -0.25) is 5.43 Å². The average Bonchev–Trinajstić information content (AvgIpc) is 1.86. The van der Waals surface area contributed by atoms with Gasteiger partial charge in [0.15, 0.2) is 0 Å². The molecular weight excluding hydrogens is 116 g/mol. The van der Waals surface area contributed by atoms with E-state index in [-0.39, 0.29) is 12.4 Å². The Morgan fingerprint density at radius 1 is 1.57 bits per heavy atom. The van der Waals surface area contributed by atoms with Gasteiger partial charge in [-0.15, -0.1) is 17.9 Å². The molecule has 42 valence electrons. The minimum atomic E-state index is 0. The number of halogens is 1. The van der Waals surface area contributed by atoms with E-state index in [1.807, 2.05) is 0 Å². The van der Waals surface area contributed by atoms with E-state index >= 15 is 0 Å². The molecule has 1 rings (SSSR count). The SMILES string of the molecule is Cl.NC1=CNNN1. The normalized spacial score (nSPS) is 15.7. The van der Waals surface area contributed by atoms with Crippen molar-refractivity contribution in [2.75, 3.05) is 0 Å². The van der Waals surface area contributed by atoms with E-state index in [1.165, 1.54) is 0 Å². The molecule has 0 aromatic carbocycles. The second-order valence-electron chi connectivity index (χ2n) is 0.994. The molecule has 0 spiro atoms. The number of nitrogens with one attached hydrogen (secondary N) is 3. The highest BCUT2D eigenvalue weighted by Crippen LogP contribution is 1.70. The van der Waals surface area contributed by atoms with Crippen LogP contribution in [0.4, 0.5) is 0 Å². The van der Waals surface area contributed by atoms with Crippen molar-refractivity contribution < 1.29 is 0 Å². The molecule has 7 heavy (non-hydrogen) atoms. The number of rotatable bonds is 0. The predicted molar refractivity (Wildman–Crippen MR) is 28.9 cm³/mol. The zero-order valence-electron chi connectivity index (χ0n) is 3.56. The quantitative estimate of drug-likeness (QED) is 0.325. The zero-order valence-corrected chi connectivity index (χ0v) is 4.38. The molecule has 0 fully saturated rings. The first kappa shape index (κ1) is 6.39. The van der Waals surface area contributed by atoms with Crippen LogP contribution in [0.15, 0.2) is 12.0 Å². The maximum Gasteiger partial charge on any atom is 0.130 e. The molecule has 0 aromatic rings. The van der Waals surface area contributed by atoms with Gasteiger partial charge in [0.05, 0.1) is 6.20 Å². The lowest BCUT2D eigenvalue weighted by Gasteiger charge is -1.90. The van der Waals surface area contributed by atoms with Crippen molar-refractivity contribution in [1.82, 2.24) is 16.4 Å². The standard InChI is InChI=1S/C2H6N4.ClH/c3-2-1-4-6-5-2;/h1,4-6H,3H2;1H. The van der Waals surface area contributed by atoms with E-state index in [2.05, 4.69) is 16.4 Å². The summed E-state index contributed by atoms with van der Waals surface area (Å²) in [5.74, 6) is 0.606. The molecule has 5 N–H and O–H groups in total. The average molecular weight is 123 g/mol. The van der Waals surface area contributed by atoms with Crippen LogP contribution in [0, 0.1) is 0 Å². The first-order chi connectivity index (χ1) is 2.89. The van der Waals surface area contributed by atoms with Crippen LogP contribution in [0.3, 0.4) is 0 Å². The molecule has 1 aliphatic rings. The van der Waals surface area contributed by atoms with Gasteiger partial charge in [0.25, 0.3) is 0 Å². The zero-order chi connectivity index (χ0) is 4.41. The Morgan fingerprint density at radius 2 is 2.29 bits per heavy atom. The lowest BCUT2D eigenvalue weighted by Crippen LogP contribution is -2.33. The summed E-state index contributed by atoms with van der Waals surface area (Å²) in [6, 6.07) is 0.